The molecule has 2 rings (SSSR count). The van der Waals surface area contributed by atoms with Crippen molar-refractivity contribution in [1.29, 1.82) is 0 Å². The van der Waals surface area contributed by atoms with Gasteiger partial charge in [-0.05, 0) is 24.0 Å². The smallest absolute Gasteiger partial charge is 0.148 e. The Morgan fingerprint density at radius 3 is 2.62 bits per heavy atom. The van der Waals surface area contributed by atoms with Gasteiger partial charge < -0.3 is 10.7 Å². The molecule has 0 amide bonds. The molecule has 6 nitrogen and oxygen atoms in total. The first-order valence-corrected chi connectivity index (χ1v) is 7.15. The van der Waals surface area contributed by atoms with E-state index in [9.17, 15) is 0 Å². The van der Waals surface area contributed by atoms with Gasteiger partial charge in [-0.3, -0.25) is 4.98 Å². The normalized spacial score (nSPS) is 10.7. The standard InChI is InChI=1S/C15H22N6/c1-4-11-6-5-7-17-12(11)8-18-14-13(10(2)3)15(21-16)20-9-19-14/h5-7,9-10H,4,8,16H2,1-3H3,(H2,18,19,20,21). The van der Waals surface area contributed by atoms with E-state index >= 15 is 0 Å². The van der Waals surface area contributed by atoms with Crippen LogP contribution in [0, 0.1) is 0 Å². The summed E-state index contributed by atoms with van der Waals surface area (Å²) in [7, 11) is 0. The highest BCUT2D eigenvalue weighted by Crippen LogP contribution is 2.28. The topological polar surface area (TPSA) is 88.8 Å². The van der Waals surface area contributed by atoms with Crippen LogP contribution in [0.2, 0.25) is 0 Å². The SMILES string of the molecule is CCc1cccnc1CNc1ncnc(NN)c1C(C)C. The van der Waals surface area contributed by atoms with Gasteiger partial charge >= 0.3 is 0 Å². The lowest BCUT2D eigenvalue weighted by molar-refractivity contribution is 0.842. The maximum Gasteiger partial charge on any atom is 0.148 e. The molecule has 2 aromatic rings. The van der Waals surface area contributed by atoms with Crippen LogP contribution in [0.15, 0.2) is 24.7 Å². The van der Waals surface area contributed by atoms with E-state index in [-0.39, 0.29) is 5.92 Å². The molecule has 0 aliphatic heterocycles. The van der Waals surface area contributed by atoms with Crippen molar-refractivity contribution >= 4 is 11.6 Å². The summed E-state index contributed by atoms with van der Waals surface area (Å²) >= 11 is 0. The summed E-state index contributed by atoms with van der Waals surface area (Å²) in [5, 5.41) is 3.35. The van der Waals surface area contributed by atoms with Gasteiger partial charge in [0.15, 0.2) is 0 Å². The van der Waals surface area contributed by atoms with E-state index in [4.69, 9.17) is 5.84 Å². The number of hydrogen-bond donors (Lipinski definition) is 3. The number of nitrogen functional groups attached to an aromatic ring is 1. The first-order chi connectivity index (χ1) is 10.2. The largest absolute Gasteiger partial charge is 0.364 e. The molecule has 0 saturated carbocycles. The zero-order chi connectivity index (χ0) is 15.2. The van der Waals surface area contributed by atoms with Crippen molar-refractivity contribution in [3.05, 3.63) is 41.5 Å². The minimum absolute atomic E-state index is 0.258. The fourth-order valence-electron chi connectivity index (χ4n) is 2.32. The molecule has 0 bridgehead atoms. The predicted molar refractivity (Wildman–Crippen MR) is 84.9 cm³/mol. The Bertz CT molecular complexity index is 596. The van der Waals surface area contributed by atoms with Crippen LogP contribution >= 0.6 is 0 Å². The number of anilines is 2. The molecule has 0 unspecified atom stereocenters. The Hall–Kier alpha value is -2.21. The molecule has 0 spiro atoms. The second-order valence-corrected chi connectivity index (χ2v) is 5.10. The molecule has 4 N–H and O–H groups in total. The van der Waals surface area contributed by atoms with Gasteiger partial charge in [0.05, 0.1) is 12.2 Å². The Balaban J connectivity index is 2.24. The molecule has 0 aliphatic carbocycles. The lowest BCUT2D eigenvalue weighted by Gasteiger charge is -2.16. The van der Waals surface area contributed by atoms with Crippen molar-refractivity contribution in [2.24, 2.45) is 5.84 Å². The van der Waals surface area contributed by atoms with Crippen molar-refractivity contribution in [2.45, 2.75) is 39.7 Å². The third-order valence-electron chi connectivity index (χ3n) is 3.39. The number of aromatic nitrogens is 3. The maximum atomic E-state index is 5.53. The van der Waals surface area contributed by atoms with Gasteiger partial charge in [0.1, 0.15) is 18.0 Å². The average Bonchev–Trinajstić information content (AvgIpc) is 2.52. The first kappa shape index (κ1) is 15.2. The van der Waals surface area contributed by atoms with Gasteiger partial charge in [-0.25, -0.2) is 15.8 Å². The Labute approximate surface area is 125 Å². The van der Waals surface area contributed by atoms with E-state index in [0.29, 0.717) is 12.4 Å². The molecule has 0 radical (unpaired) electrons. The van der Waals surface area contributed by atoms with Gasteiger partial charge in [-0.2, -0.15) is 0 Å². The van der Waals surface area contributed by atoms with Crippen molar-refractivity contribution in [3.63, 3.8) is 0 Å². The second kappa shape index (κ2) is 6.99. The van der Waals surface area contributed by atoms with Gasteiger partial charge in [0.2, 0.25) is 0 Å². The number of aryl methyl sites for hydroxylation is 1. The molecule has 0 atom stereocenters. The fourth-order valence-corrected chi connectivity index (χ4v) is 2.32. The Morgan fingerprint density at radius 1 is 1.19 bits per heavy atom. The Kier molecular flexibility index (Phi) is 5.05. The van der Waals surface area contributed by atoms with Crippen molar-refractivity contribution < 1.29 is 0 Å². The number of nitrogens with two attached hydrogens (primary N) is 1. The molecular weight excluding hydrogens is 264 g/mol. The zero-order valence-corrected chi connectivity index (χ0v) is 12.7. The molecule has 0 saturated heterocycles. The summed E-state index contributed by atoms with van der Waals surface area (Å²) < 4.78 is 0. The highest BCUT2D eigenvalue weighted by atomic mass is 15.3. The summed E-state index contributed by atoms with van der Waals surface area (Å²) in [4.78, 5) is 12.9. The van der Waals surface area contributed by atoms with E-state index in [1.807, 2.05) is 12.3 Å². The van der Waals surface area contributed by atoms with E-state index in [0.717, 1.165) is 23.5 Å². The molecule has 0 aromatic carbocycles. The third-order valence-corrected chi connectivity index (χ3v) is 3.39. The molecule has 2 aromatic heterocycles. The quantitative estimate of drug-likeness (QED) is 0.558. The number of pyridine rings is 1. The summed E-state index contributed by atoms with van der Waals surface area (Å²) in [5.41, 5.74) is 5.89. The number of rotatable bonds is 6. The molecule has 0 aliphatic rings. The summed E-state index contributed by atoms with van der Waals surface area (Å²) in [6.45, 7) is 6.93. The molecule has 112 valence electrons. The fraction of sp³-hybridized carbons (Fsp3) is 0.400. The number of nitrogens with zero attached hydrogens (tertiary/aromatic N) is 3. The summed E-state index contributed by atoms with van der Waals surface area (Å²) in [6, 6.07) is 4.06. The lowest BCUT2D eigenvalue weighted by Crippen LogP contribution is -2.15. The van der Waals surface area contributed by atoms with Crippen molar-refractivity contribution in [2.75, 3.05) is 10.7 Å². The lowest BCUT2D eigenvalue weighted by atomic mass is 10.0. The highest BCUT2D eigenvalue weighted by molar-refractivity contribution is 5.58. The van der Waals surface area contributed by atoms with Crippen molar-refractivity contribution in [3.8, 4) is 0 Å². The van der Waals surface area contributed by atoms with Gasteiger partial charge in [0.25, 0.3) is 0 Å². The number of hydrazine groups is 1. The minimum atomic E-state index is 0.258. The molecule has 6 heteroatoms. The number of nitrogens with one attached hydrogen (secondary N) is 2. The van der Waals surface area contributed by atoms with Crippen molar-refractivity contribution in [1.82, 2.24) is 15.0 Å². The van der Waals surface area contributed by atoms with Crippen LogP contribution in [0.1, 0.15) is 43.5 Å². The first-order valence-electron chi connectivity index (χ1n) is 7.15. The molecule has 21 heavy (non-hydrogen) atoms. The average molecular weight is 286 g/mol. The van der Waals surface area contributed by atoms with Gasteiger partial charge in [0, 0.05) is 11.8 Å². The Morgan fingerprint density at radius 2 is 1.95 bits per heavy atom. The van der Waals surface area contributed by atoms with Crippen LogP contribution in [0.3, 0.4) is 0 Å². The molecular formula is C15H22N6. The highest BCUT2D eigenvalue weighted by Gasteiger charge is 2.14. The molecule has 0 fully saturated rings. The summed E-state index contributed by atoms with van der Waals surface area (Å²) in [5.74, 6) is 7.23. The summed E-state index contributed by atoms with van der Waals surface area (Å²) in [6.07, 6.45) is 4.27. The van der Waals surface area contributed by atoms with E-state index < -0.39 is 0 Å². The van der Waals surface area contributed by atoms with Crippen LogP contribution in [0.5, 0.6) is 0 Å². The van der Waals surface area contributed by atoms with Crippen LogP contribution in [0.25, 0.3) is 0 Å². The van der Waals surface area contributed by atoms with E-state index in [2.05, 4.69) is 52.5 Å². The monoisotopic (exact) mass is 286 g/mol. The van der Waals surface area contributed by atoms with Crippen LogP contribution in [-0.2, 0) is 13.0 Å². The minimum Gasteiger partial charge on any atom is -0.364 e. The van der Waals surface area contributed by atoms with Gasteiger partial charge in [-0.15, -0.1) is 0 Å². The van der Waals surface area contributed by atoms with Crippen LogP contribution in [-0.4, -0.2) is 15.0 Å². The van der Waals surface area contributed by atoms with Crippen LogP contribution in [0.4, 0.5) is 11.6 Å². The maximum absolute atomic E-state index is 5.53. The second-order valence-electron chi connectivity index (χ2n) is 5.10. The third kappa shape index (κ3) is 3.46. The van der Waals surface area contributed by atoms with E-state index in [1.165, 1.54) is 11.9 Å². The van der Waals surface area contributed by atoms with E-state index in [1.54, 1.807) is 0 Å². The number of hydrogen-bond acceptors (Lipinski definition) is 6. The van der Waals surface area contributed by atoms with Gasteiger partial charge in [-0.1, -0.05) is 26.8 Å². The van der Waals surface area contributed by atoms with Crippen LogP contribution < -0.4 is 16.6 Å². The predicted octanol–water partition coefficient (Wildman–Crippen LogP) is 2.46. The molecule has 2 heterocycles. The zero-order valence-electron chi connectivity index (χ0n) is 12.7.